The average Bonchev–Trinajstić information content (AvgIpc) is 3.29. The number of aromatic hydroxyl groups is 1. The normalized spacial score (nSPS) is 16.0. The van der Waals surface area contributed by atoms with Crippen LogP contribution >= 0.6 is 0 Å². The SMILES string of the molecule is C=C(F)CN1Cc2cnc(Nc3cnc(N4CCN(C)CC4)c(CCCCO)c3)nc2N1c1cc(O)cc(C(C)(C)O)n1. The van der Waals surface area contributed by atoms with Crippen LogP contribution in [-0.4, -0.2) is 91.5 Å². The zero-order valence-corrected chi connectivity index (χ0v) is 25.0. The van der Waals surface area contributed by atoms with Gasteiger partial charge in [0, 0.05) is 63.2 Å². The van der Waals surface area contributed by atoms with Crippen LogP contribution in [0.3, 0.4) is 0 Å². The van der Waals surface area contributed by atoms with E-state index in [9.17, 15) is 19.7 Å². The summed E-state index contributed by atoms with van der Waals surface area (Å²) in [5, 5.41) is 36.9. The fraction of sp³-hybridized carbons (Fsp3) is 0.467. The second-order valence-electron chi connectivity index (χ2n) is 11.6. The Balaban J connectivity index is 1.46. The summed E-state index contributed by atoms with van der Waals surface area (Å²) in [6.45, 7) is 10.6. The first kappa shape index (κ1) is 30.5. The monoisotopic (exact) mass is 593 g/mol. The Hall–Kier alpha value is -3.91. The molecule has 0 radical (unpaired) electrons. The number of nitrogens with zero attached hydrogens (tertiary/aromatic N) is 8. The molecule has 5 rings (SSSR count). The highest BCUT2D eigenvalue weighted by atomic mass is 19.1. The van der Waals surface area contributed by atoms with Crippen molar-refractivity contribution in [2.75, 3.05) is 61.6 Å². The number of hydrogen-bond donors (Lipinski definition) is 4. The zero-order chi connectivity index (χ0) is 30.7. The quantitative estimate of drug-likeness (QED) is 0.243. The molecule has 0 aliphatic carbocycles. The highest BCUT2D eigenvalue weighted by molar-refractivity contribution is 5.66. The Morgan fingerprint density at radius 3 is 2.51 bits per heavy atom. The third kappa shape index (κ3) is 7.19. The first-order valence-electron chi connectivity index (χ1n) is 14.5. The summed E-state index contributed by atoms with van der Waals surface area (Å²) >= 11 is 0. The number of rotatable bonds is 11. The molecule has 0 atom stereocenters. The van der Waals surface area contributed by atoms with Gasteiger partial charge in [-0.05, 0) is 51.8 Å². The summed E-state index contributed by atoms with van der Waals surface area (Å²) in [7, 11) is 2.12. The maximum atomic E-state index is 14.1. The van der Waals surface area contributed by atoms with Crippen LogP contribution in [0.1, 0.15) is 43.5 Å². The Labute approximate surface area is 251 Å². The smallest absolute Gasteiger partial charge is 0.229 e. The number of anilines is 5. The molecular formula is C30H40FN9O3. The fourth-order valence-corrected chi connectivity index (χ4v) is 5.27. The minimum atomic E-state index is -1.32. The molecule has 230 valence electrons. The lowest BCUT2D eigenvalue weighted by Crippen LogP contribution is -2.45. The second kappa shape index (κ2) is 12.8. The number of aliphatic hydroxyl groups excluding tert-OH is 1. The minimum Gasteiger partial charge on any atom is -0.508 e. The van der Waals surface area contributed by atoms with Crippen LogP contribution in [0.5, 0.6) is 5.75 Å². The number of piperazine rings is 1. The summed E-state index contributed by atoms with van der Waals surface area (Å²) in [5.41, 5.74) is 1.47. The van der Waals surface area contributed by atoms with Gasteiger partial charge < -0.3 is 30.4 Å². The van der Waals surface area contributed by atoms with Crippen LogP contribution in [0.4, 0.5) is 33.5 Å². The van der Waals surface area contributed by atoms with Gasteiger partial charge in [-0.15, -0.1) is 0 Å². The molecule has 0 spiro atoms. The number of fused-ring (bicyclic) bond motifs is 1. The van der Waals surface area contributed by atoms with Crippen molar-refractivity contribution in [3.05, 3.63) is 59.8 Å². The van der Waals surface area contributed by atoms with E-state index in [-0.39, 0.29) is 30.4 Å². The molecule has 4 N–H and O–H groups in total. The highest BCUT2D eigenvalue weighted by Crippen LogP contribution is 2.38. The van der Waals surface area contributed by atoms with Crippen LogP contribution in [0, 0.1) is 0 Å². The third-order valence-electron chi connectivity index (χ3n) is 7.53. The predicted molar refractivity (Wildman–Crippen MR) is 163 cm³/mol. The van der Waals surface area contributed by atoms with E-state index in [0.717, 1.165) is 61.7 Å². The van der Waals surface area contributed by atoms with E-state index in [1.807, 2.05) is 0 Å². The number of likely N-dealkylation sites (N-methyl/N-ethyl adjacent to an activating group) is 1. The molecule has 0 amide bonds. The van der Waals surface area contributed by atoms with Gasteiger partial charge >= 0.3 is 0 Å². The molecule has 3 aromatic rings. The van der Waals surface area contributed by atoms with Crippen molar-refractivity contribution in [3.8, 4) is 5.75 Å². The van der Waals surface area contributed by atoms with Gasteiger partial charge in [0.2, 0.25) is 5.95 Å². The van der Waals surface area contributed by atoms with Gasteiger partial charge in [0.15, 0.2) is 11.6 Å². The van der Waals surface area contributed by atoms with Crippen LogP contribution in [-0.2, 0) is 18.6 Å². The molecule has 1 saturated heterocycles. The number of aliphatic hydroxyl groups is 2. The van der Waals surface area contributed by atoms with Gasteiger partial charge in [0.05, 0.1) is 24.1 Å². The van der Waals surface area contributed by atoms with E-state index in [2.05, 4.69) is 44.8 Å². The lowest BCUT2D eigenvalue weighted by molar-refractivity contribution is 0.0735. The molecule has 12 nitrogen and oxygen atoms in total. The van der Waals surface area contributed by atoms with Gasteiger partial charge in [-0.25, -0.2) is 29.4 Å². The molecule has 0 saturated carbocycles. The Morgan fingerprint density at radius 1 is 1.05 bits per heavy atom. The summed E-state index contributed by atoms with van der Waals surface area (Å²) in [6, 6.07) is 4.88. The Kier molecular flexibility index (Phi) is 9.06. The van der Waals surface area contributed by atoms with Gasteiger partial charge in [-0.3, -0.25) is 0 Å². The molecule has 13 heteroatoms. The zero-order valence-electron chi connectivity index (χ0n) is 25.0. The molecule has 0 aromatic carbocycles. The molecule has 2 aliphatic rings. The van der Waals surface area contributed by atoms with Crippen molar-refractivity contribution in [2.45, 2.75) is 45.3 Å². The largest absolute Gasteiger partial charge is 0.508 e. The highest BCUT2D eigenvalue weighted by Gasteiger charge is 2.34. The molecule has 43 heavy (non-hydrogen) atoms. The van der Waals surface area contributed by atoms with Crippen molar-refractivity contribution in [1.82, 2.24) is 29.8 Å². The van der Waals surface area contributed by atoms with Crippen molar-refractivity contribution >= 4 is 29.1 Å². The molecule has 5 heterocycles. The van der Waals surface area contributed by atoms with Crippen molar-refractivity contribution in [2.24, 2.45) is 0 Å². The van der Waals surface area contributed by atoms with E-state index in [0.29, 0.717) is 24.7 Å². The summed E-state index contributed by atoms with van der Waals surface area (Å²) in [4.78, 5) is 23.3. The maximum Gasteiger partial charge on any atom is 0.229 e. The second-order valence-corrected chi connectivity index (χ2v) is 11.6. The Bertz CT molecular complexity index is 1460. The van der Waals surface area contributed by atoms with Crippen molar-refractivity contribution < 1.29 is 19.7 Å². The number of halogens is 1. The summed E-state index contributed by atoms with van der Waals surface area (Å²) < 4.78 is 14.1. The van der Waals surface area contributed by atoms with E-state index < -0.39 is 11.4 Å². The number of hydrazine groups is 1. The molecule has 0 unspecified atom stereocenters. The molecule has 2 aliphatic heterocycles. The number of nitrogens with one attached hydrogen (secondary N) is 1. The fourth-order valence-electron chi connectivity index (χ4n) is 5.27. The summed E-state index contributed by atoms with van der Waals surface area (Å²) in [6.07, 6.45) is 5.77. The van der Waals surface area contributed by atoms with Crippen molar-refractivity contribution in [3.63, 3.8) is 0 Å². The van der Waals surface area contributed by atoms with E-state index in [1.54, 1.807) is 36.3 Å². The number of aryl methyl sites for hydroxylation is 1. The maximum absolute atomic E-state index is 14.1. The van der Waals surface area contributed by atoms with E-state index >= 15 is 0 Å². The van der Waals surface area contributed by atoms with Crippen LogP contribution in [0.15, 0.2) is 43.0 Å². The number of unbranched alkanes of at least 4 members (excludes halogenated alkanes) is 1. The van der Waals surface area contributed by atoms with Crippen LogP contribution in [0.25, 0.3) is 0 Å². The molecule has 0 bridgehead atoms. The third-order valence-corrected chi connectivity index (χ3v) is 7.53. The average molecular weight is 594 g/mol. The predicted octanol–water partition coefficient (Wildman–Crippen LogP) is 3.36. The van der Waals surface area contributed by atoms with Crippen molar-refractivity contribution in [1.29, 1.82) is 0 Å². The molecule has 3 aromatic heterocycles. The summed E-state index contributed by atoms with van der Waals surface area (Å²) in [5.74, 6) is 1.35. The number of hydrogen-bond acceptors (Lipinski definition) is 12. The van der Waals surface area contributed by atoms with E-state index in [1.165, 1.54) is 12.1 Å². The van der Waals surface area contributed by atoms with Gasteiger partial charge in [0.25, 0.3) is 0 Å². The lowest BCUT2D eigenvalue weighted by atomic mass is 10.0. The number of aromatic nitrogens is 4. The van der Waals surface area contributed by atoms with Gasteiger partial charge in [-0.2, -0.15) is 4.98 Å². The first-order valence-corrected chi connectivity index (χ1v) is 14.5. The topological polar surface area (TPSA) is 137 Å². The number of pyridine rings is 2. The first-order chi connectivity index (χ1) is 20.5. The molecule has 1 fully saturated rings. The Morgan fingerprint density at radius 2 is 1.81 bits per heavy atom. The van der Waals surface area contributed by atoms with Crippen LogP contribution in [0.2, 0.25) is 0 Å². The minimum absolute atomic E-state index is 0.0951. The van der Waals surface area contributed by atoms with E-state index in [4.69, 9.17) is 9.97 Å². The molecular weight excluding hydrogens is 553 g/mol. The van der Waals surface area contributed by atoms with Crippen LogP contribution < -0.4 is 15.2 Å². The van der Waals surface area contributed by atoms with Gasteiger partial charge in [0.1, 0.15) is 23.0 Å². The lowest BCUT2D eigenvalue weighted by Gasteiger charge is -2.34. The standard InChI is InChI=1S/C30H40FN9O3/c1-20(31)18-39-19-22-16-33-29(36-28(22)40(39)26-15-24(42)14-25(35-26)30(2,3)43)34-23-13-21(7-5-6-12-41)27(32-17-23)38-10-8-37(4)9-11-38/h13-17,41,43H,1,5-12,18-19H2,2-4H3,(H,35,42)(H,33,34,36). The van der Waals surface area contributed by atoms with Gasteiger partial charge in [-0.1, -0.05) is 6.58 Å².